The Morgan fingerprint density at radius 2 is 2.18 bits per heavy atom. The molecule has 1 heterocycles. The summed E-state index contributed by atoms with van der Waals surface area (Å²) in [5.74, 6) is 0.642. The predicted octanol–water partition coefficient (Wildman–Crippen LogP) is 2.58. The van der Waals surface area contributed by atoms with Crippen molar-refractivity contribution in [3.8, 4) is 11.3 Å². The van der Waals surface area contributed by atoms with Crippen LogP contribution in [0.2, 0.25) is 0 Å². The van der Waals surface area contributed by atoms with E-state index in [0.29, 0.717) is 12.4 Å². The molecule has 0 aliphatic heterocycles. The number of anilines is 1. The zero-order valence-electron chi connectivity index (χ0n) is 9.77. The highest BCUT2D eigenvalue weighted by Gasteiger charge is 2.10. The lowest BCUT2D eigenvalue weighted by Gasteiger charge is -2.07. The van der Waals surface area contributed by atoms with Gasteiger partial charge in [-0.25, -0.2) is 0 Å². The average molecular weight is 296 g/mol. The van der Waals surface area contributed by atoms with E-state index in [-0.39, 0.29) is 0 Å². The van der Waals surface area contributed by atoms with Crippen LogP contribution in [-0.2, 0) is 18.4 Å². The fourth-order valence-corrected chi connectivity index (χ4v) is 2.04. The lowest BCUT2D eigenvalue weighted by atomic mass is 10.1. The van der Waals surface area contributed by atoms with Gasteiger partial charge in [0.15, 0.2) is 0 Å². The number of aryl methyl sites for hydroxylation is 1. The standard InChI is InChI=1S/C12H14BrN3O/c1-16-12(14)6-11(15-16)10-5-9(13)4-3-8(10)7-17-2/h3-6H,7,14H2,1-2H3. The molecule has 0 unspecified atom stereocenters. The summed E-state index contributed by atoms with van der Waals surface area (Å²) in [6.07, 6.45) is 0. The Balaban J connectivity index is 2.52. The number of benzene rings is 1. The Bertz CT molecular complexity index is 517. The van der Waals surface area contributed by atoms with Crippen LogP contribution in [0.5, 0.6) is 0 Å². The van der Waals surface area contributed by atoms with Gasteiger partial charge in [0.2, 0.25) is 0 Å². The third kappa shape index (κ3) is 2.50. The lowest BCUT2D eigenvalue weighted by Crippen LogP contribution is -1.97. The first-order valence-electron chi connectivity index (χ1n) is 5.19. The topological polar surface area (TPSA) is 53.1 Å². The lowest BCUT2D eigenvalue weighted by molar-refractivity contribution is 0.185. The fourth-order valence-electron chi connectivity index (χ4n) is 1.68. The van der Waals surface area contributed by atoms with E-state index in [4.69, 9.17) is 10.5 Å². The minimum Gasteiger partial charge on any atom is -0.384 e. The van der Waals surface area contributed by atoms with E-state index < -0.39 is 0 Å². The maximum absolute atomic E-state index is 5.80. The first kappa shape index (κ1) is 12.1. The minimum atomic E-state index is 0.555. The van der Waals surface area contributed by atoms with Crippen LogP contribution in [0.4, 0.5) is 5.82 Å². The summed E-state index contributed by atoms with van der Waals surface area (Å²) in [6.45, 7) is 0.555. The van der Waals surface area contributed by atoms with Gasteiger partial charge in [0.05, 0.1) is 12.3 Å². The highest BCUT2D eigenvalue weighted by atomic mass is 79.9. The first-order valence-corrected chi connectivity index (χ1v) is 5.98. The van der Waals surface area contributed by atoms with Crippen molar-refractivity contribution in [1.82, 2.24) is 9.78 Å². The van der Waals surface area contributed by atoms with Crippen LogP contribution in [0.25, 0.3) is 11.3 Å². The second kappa shape index (κ2) is 4.89. The Morgan fingerprint density at radius 3 is 2.76 bits per heavy atom. The molecule has 0 aliphatic rings. The van der Waals surface area contributed by atoms with E-state index in [1.54, 1.807) is 11.8 Å². The van der Waals surface area contributed by atoms with Crippen LogP contribution in [-0.4, -0.2) is 16.9 Å². The molecule has 2 N–H and O–H groups in total. The normalized spacial score (nSPS) is 10.8. The molecule has 0 atom stereocenters. The molecule has 17 heavy (non-hydrogen) atoms. The molecule has 2 rings (SSSR count). The van der Waals surface area contributed by atoms with Gasteiger partial charge in [0.1, 0.15) is 5.82 Å². The second-order valence-electron chi connectivity index (χ2n) is 3.81. The zero-order chi connectivity index (χ0) is 12.4. The highest BCUT2D eigenvalue weighted by molar-refractivity contribution is 9.10. The van der Waals surface area contributed by atoms with Gasteiger partial charge in [0, 0.05) is 30.3 Å². The maximum atomic E-state index is 5.80. The molecule has 1 aromatic heterocycles. The summed E-state index contributed by atoms with van der Waals surface area (Å²) in [5.41, 5.74) is 8.78. The zero-order valence-corrected chi connectivity index (χ0v) is 11.4. The van der Waals surface area contributed by atoms with Gasteiger partial charge >= 0.3 is 0 Å². The molecule has 0 amide bonds. The van der Waals surface area contributed by atoms with Gasteiger partial charge in [-0.1, -0.05) is 22.0 Å². The molecule has 90 valence electrons. The van der Waals surface area contributed by atoms with E-state index in [0.717, 1.165) is 21.3 Å². The van der Waals surface area contributed by atoms with Gasteiger partial charge in [-0.15, -0.1) is 0 Å². The number of hydrogen-bond donors (Lipinski definition) is 1. The Kier molecular flexibility index (Phi) is 3.49. The van der Waals surface area contributed by atoms with Crippen LogP contribution >= 0.6 is 15.9 Å². The molecule has 2 aromatic rings. The quantitative estimate of drug-likeness (QED) is 0.947. The SMILES string of the molecule is COCc1ccc(Br)cc1-c1cc(N)n(C)n1. The number of nitrogens with two attached hydrogens (primary N) is 1. The van der Waals surface area contributed by atoms with E-state index in [1.165, 1.54) is 0 Å². The number of nitrogen functional groups attached to an aromatic ring is 1. The Morgan fingerprint density at radius 1 is 1.41 bits per heavy atom. The van der Waals surface area contributed by atoms with Gasteiger partial charge in [0.25, 0.3) is 0 Å². The molecule has 5 heteroatoms. The van der Waals surface area contributed by atoms with Gasteiger partial charge in [-0.2, -0.15) is 5.10 Å². The average Bonchev–Trinajstić information content (AvgIpc) is 2.62. The molecule has 0 fully saturated rings. The van der Waals surface area contributed by atoms with Crippen LogP contribution < -0.4 is 5.73 Å². The third-order valence-corrected chi connectivity index (χ3v) is 3.06. The molecule has 1 aromatic carbocycles. The summed E-state index contributed by atoms with van der Waals surface area (Å²) in [5, 5.41) is 4.38. The molecule has 0 spiro atoms. The maximum Gasteiger partial charge on any atom is 0.121 e. The summed E-state index contributed by atoms with van der Waals surface area (Å²) in [6, 6.07) is 7.90. The van der Waals surface area contributed by atoms with Crippen LogP contribution in [0.3, 0.4) is 0 Å². The molecule has 0 saturated carbocycles. The summed E-state index contributed by atoms with van der Waals surface area (Å²) in [7, 11) is 3.51. The van der Waals surface area contributed by atoms with Crippen molar-refractivity contribution in [2.75, 3.05) is 12.8 Å². The number of ether oxygens (including phenoxy) is 1. The molecule has 0 radical (unpaired) electrons. The van der Waals surface area contributed by atoms with E-state index >= 15 is 0 Å². The van der Waals surface area contributed by atoms with Crippen molar-refractivity contribution in [2.24, 2.45) is 7.05 Å². The summed E-state index contributed by atoms with van der Waals surface area (Å²) < 4.78 is 7.86. The first-order chi connectivity index (χ1) is 8.11. The minimum absolute atomic E-state index is 0.555. The van der Waals surface area contributed by atoms with Gasteiger partial charge in [-0.05, 0) is 17.7 Å². The molecular formula is C12H14BrN3O. The number of nitrogens with zero attached hydrogens (tertiary/aromatic N) is 2. The monoisotopic (exact) mass is 295 g/mol. The molecule has 0 aliphatic carbocycles. The van der Waals surface area contributed by atoms with Crippen molar-refractivity contribution in [2.45, 2.75) is 6.61 Å². The smallest absolute Gasteiger partial charge is 0.121 e. The second-order valence-corrected chi connectivity index (χ2v) is 4.73. The summed E-state index contributed by atoms with van der Waals surface area (Å²) >= 11 is 3.46. The van der Waals surface area contributed by atoms with Gasteiger partial charge in [-0.3, -0.25) is 4.68 Å². The van der Waals surface area contributed by atoms with Crippen molar-refractivity contribution in [3.63, 3.8) is 0 Å². The predicted molar refractivity (Wildman–Crippen MR) is 71.5 cm³/mol. The van der Waals surface area contributed by atoms with E-state index in [2.05, 4.69) is 21.0 Å². The van der Waals surface area contributed by atoms with Crippen molar-refractivity contribution in [3.05, 3.63) is 34.3 Å². The third-order valence-electron chi connectivity index (χ3n) is 2.56. The molecule has 0 saturated heterocycles. The Hall–Kier alpha value is -1.33. The molecule has 4 nitrogen and oxygen atoms in total. The number of methoxy groups -OCH3 is 1. The van der Waals surface area contributed by atoms with Crippen LogP contribution in [0, 0.1) is 0 Å². The highest BCUT2D eigenvalue weighted by Crippen LogP contribution is 2.27. The molecular weight excluding hydrogens is 282 g/mol. The summed E-state index contributed by atoms with van der Waals surface area (Å²) in [4.78, 5) is 0. The molecule has 0 bridgehead atoms. The van der Waals surface area contributed by atoms with Crippen molar-refractivity contribution < 1.29 is 4.74 Å². The van der Waals surface area contributed by atoms with Crippen molar-refractivity contribution >= 4 is 21.7 Å². The van der Waals surface area contributed by atoms with Crippen LogP contribution in [0.1, 0.15) is 5.56 Å². The number of hydrogen-bond acceptors (Lipinski definition) is 3. The van der Waals surface area contributed by atoms with E-state index in [9.17, 15) is 0 Å². The fraction of sp³-hybridized carbons (Fsp3) is 0.250. The number of halogens is 1. The van der Waals surface area contributed by atoms with E-state index in [1.807, 2.05) is 31.3 Å². The Labute approximate surface area is 109 Å². The largest absolute Gasteiger partial charge is 0.384 e. The number of aromatic nitrogens is 2. The van der Waals surface area contributed by atoms with Crippen molar-refractivity contribution in [1.29, 1.82) is 0 Å². The van der Waals surface area contributed by atoms with Gasteiger partial charge < -0.3 is 10.5 Å². The van der Waals surface area contributed by atoms with Crippen LogP contribution in [0.15, 0.2) is 28.7 Å². The number of rotatable bonds is 3.